The van der Waals surface area contributed by atoms with E-state index in [1.165, 1.54) is 0 Å². The predicted octanol–water partition coefficient (Wildman–Crippen LogP) is 1.64. The van der Waals surface area contributed by atoms with Gasteiger partial charge in [-0.2, -0.15) is 5.10 Å². The van der Waals surface area contributed by atoms with E-state index in [9.17, 15) is 4.79 Å². The van der Waals surface area contributed by atoms with Gasteiger partial charge in [-0.25, -0.2) is 9.67 Å². The first-order valence-corrected chi connectivity index (χ1v) is 10.5. The molecule has 1 aromatic carbocycles. The van der Waals surface area contributed by atoms with Gasteiger partial charge in [-0.1, -0.05) is 25.1 Å². The van der Waals surface area contributed by atoms with Crippen molar-refractivity contribution in [3.63, 3.8) is 0 Å². The highest BCUT2D eigenvalue weighted by atomic mass is 16.5. The molecular formula is C22H32N6O3. The van der Waals surface area contributed by atoms with Crippen molar-refractivity contribution in [2.24, 2.45) is 12.0 Å². The molecule has 1 aliphatic rings. The number of ether oxygens (including phenoxy) is 2. The van der Waals surface area contributed by atoms with Gasteiger partial charge >= 0.3 is 0 Å². The lowest BCUT2D eigenvalue weighted by molar-refractivity contribution is -0.127. The Kier molecular flexibility index (Phi) is 7.38. The SMILES string of the molecule is CCc1nn(C)c(OC)c1CN=C(NCC(=O)N(C)C)NC1CCOc2ccccc21. The number of aliphatic imine (C=N–C) groups is 1. The maximum Gasteiger partial charge on any atom is 0.241 e. The van der Waals surface area contributed by atoms with E-state index in [1.807, 2.05) is 31.3 Å². The summed E-state index contributed by atoms with van der Waals surface area (Å²) in [6, 6.07) is 8.01. The quantitative estimate of drug-likeness (QED) is 0.515. The number of hydrogen-bond acceptors (Lipinski definition) is 5. The van der Waals surface area contributed by atoms with Crippen LogP contribution >= 0.6 is 0 Å². The fourth-order valence-corrected chi connectivity index (χ4v) is 3.59. The van der Waals surface area contributed by atoms with Crippen molar-refractivity contribution in [2.75, 3.05) is 34.4 Å². The minimum absolute atomic E-state index is 0.0323. The van der Waals surface area contributed by atoms with Gasteiger partial charge in [-0.3, -0.25) is 4.79 Å². The first kappa shape index (κ1) is 22.5. The summed E-state index contributed by atoms with van der Waals surface area (Å²) in [5, 5.41) is 11.2. The Labute approximate surface area is 183 Å². The number of likely N-dealkylation sites (N-methyl/N-ethyl adjacent to an activating group) is 1. The molecule has 0 spiro atoms. The summed E-state index contributed by atoms with van der Waals surface area (Å²) >= 11 is 0. The van der Waals surface area contributed by atoms with E-state index in [0.717, 1.165) is 35.4 Å². The standard InChI is InChI=1S/C22H32N6O3/c1-6-17-16(21(30-5)28(4)26-17)13-23-22(24-14-20(29)27(2)3)25-18-11-12-31-19-10-8-7-9-15(18)19/h7-10,18H,6,11-14H2,1-5H3,(H2,23,24,25). The number of carbonyl (C=O) groups excluding carboxylic acids is 1. The number of para-hydroxylation sites is 1. The zero-order valence-electron chi connectivity index (χ0n) is 18.9. The second kappa shape index (κ2) is 10.2. The Balaban J connectivity index is 1.84. The molecule has 1 aromatic heterocycles. The zero-order valence-corrected chi connectivity index (χ0v) is 18.9. The normalized spacial score (nSPS) is 15.6. The molecule has 0 radical (unpaired) electrons. The highest BCUT2D eigenvalue weighted by Crippen LogP contribution is 2.31. The largest absolute Gasteiger partial charge is 0.493 e. The number of methoxy groups -OCH3 is 1. The van der Waals surface area contributed by atoms with E-state index < -0.39 is 0 Å². The highest BCUT2D eigenvalue weighted by molar-refractivity contribution is 5.86. The molecule has 2 aromatic rings. The third kappa shape index (κ3) is 5.28. The number of carbonyl (C=O) groups is 1. The molecule has 31 heavy (non-hydrogen) atoms. The molecule has 0 bridgehead atoms. The first-order chi connectivity index (χ1) is 14.9. The average Bonchev–Trinajstić information content (AvgIpc) is 3.09. The van der Waals surface area contributed by atoms with Crippen LogP contribution in [0.25, 0.3) is 0 Å². The Bertz CT molecular complexity index is 937. The zero-order chi connectivity index (χ0) is 22.4. The summed E-state index contributed by atoms with van der Waals surface area (Å²) in [5.41, 5.74) is 2.97. The molecule has 1 atom stereocenters. The highest BCUT2D eigenvalue weighted by Gasteiger charge is 2.23. The minimum Gasteiger partial charge on any atom is -0.493 e. The fourth-order valence-electron chi connectivity index (χ4n) is 3.59. The minimum atomic E-state index is -0.0323. The van der Waals surface area contributed by atoms with Crippen molar-refractivity contribution in [3.05, 3.63) is 41.1 Å². The number of rotatable bonds is 7. The second-order valence-electron chi connectivity index (χ2n) is 7.59. The topological polar surface area (TPSA) is 93.0 Å². The summed E-state index contributed by atoms with van der Waals surface area (Å²) in [6.45, 7) is 3.21. The van der Waals surface area contributed by atoms with Crippen molar-refractivity contribution in [2.45, 2.75) is 32.4 Å². The number of aromatic nitrogens is 2. The van der Waals surface area contributed by atoms with E-state index in [-0.39, 0.29) is 18.5 Å². The van der Waals surface area contributed by atoms with Gasteiger partial charge in [0.15, 0.2) is 5.96 Å². The molecule has 2 heterocycles. The monoisotopic (exact) mass is 428 g/mol. The van der Waals surface area contributed by atoms with Crippen LogP contribution in [0.4, 0.5) is 0 Å². The molecule has 9 heteroatoms. The number of nitrogens with one attached hydrogen (secondary N) is 2. The van der Waals surface area contributed by atoms with Crippen molar-refractivity contribution in [1.82, 2.24) is 25.3 Å². The van der Waals surface area contributed by atoms with Crippen LogP contribution in [-0.2, 0) is 24.8 Å². The summed E-state index contributed by atoms with van der Waals surface area (Å²) in [4.78, 5) is 18.5. The van der Waals surface area contributed by atoms with Crippen LogP contribution in [0.2, 0.25) is 0 Å². The fraction of sp³-hybridized carbons (Fsp3) is 0.500. The number of guanidine groups is 1. The van der Waals surface area contributed by atoms with E-state index in [1.54, 1.807) is 30.8 Å². The van der Waals surface area contributed by atoms with Gasteiger partial charge in [-0.05, 0) is 12.5 Å². The van der Waals surface area contributed by atoms with Gasteiger partial charge in [0.05, 0.1) is 44.1 Å². The van der Waals surface area contributed by atoms with Crippen LogP contribution in [0.15, 0.2) is 29.3 Å². The Morgan fingerprint density at radius 3 is 2.87 bits per heavy atom. The third-order valence-electron chi connectivity index (χ3n) is 5.27. The van der Waals surface area contributed by atoms with Crippen LogP contribution in [0.5, 0.6) is 11.6 Å². The maximum atomic E-state index is 12.1. The summed E-state index contributed by atoms with van der Waals surface area (Å²) in [5.74, 6) is 2.10. The van der Waals surface area contributed by atoms with Crippen molar-refractivity contribution < 1.29 is 14.3 Å². The molecule has 0 saturated carbocycles. The Morgan fingerprint density at radius 1 is 1.39 bits per heavy atom. The van der Waals surface area contributed by atoms with Gasteiger partial charge in [0.1, 0.15) is 5.75 Å². The summed E-state index contributed by atoms with van der Waals surface area (Å²) in [7, 11) is 6.96. The van der Waals surface area contributed by atoms with Crippen LogP contribution < -0.4 is 20.1 Å². The van der Waals surface area contributed by atoms with Crippen LogP contribution in [0.1, 0.15) is 36.2 Å². The van der Waals surface area contributed by atoms with Gasteiger partial charge < -0.3 is 25.0 Å². The Hall–Kier alpha value is -3.23. The molecule has 1 aliphatic heterocycles. The number of benzene rings is 1. The molecule has 0 aliphatic carbocycles. The van der Waals surface area contributed by atoms with Gasteiger partial charge in [0, 0.05) is 33.1 Å². The number of hydrogen-bond donors (Lipinski definition) is 2. The molecule has 1 amide bonds. The first-order valence-electron chi connectivity index (χ1n) is 10.5. The van der Waals surface area contributed by atoms with E-state index in [2.05, 4.69) is 22.7 Å². The lowest BCUT2D eigenvalue weighted by atomic mass is 10.0. The van der Waals surface area contributed by atoms with E-state index in [0.29, 0.717) is 25.0 Å². The van der Waals surface area contributed by atoms with Gasteiger partial charge in [0.2, 0.25) is 11.8 Å². The van der Waals surface area contributed by atoms with Gasteiger partial charge in [-0.15, -0.1) is 0 Å². The van der Waals surface area contributed by atoms with E-state index >= 15 is 0 Å². The van der Waals surface area contributed by atoms with E-state index in [4.69, 9.17) is 14.5 Å². The van der Waals surface area contributed by atoms with Crippen LogP contribution in [0.3, 0.4) is 0 Å². The number of amides is 1. The second-order valence-corrected chi connectivity index (χ2v) is 7.59. The number of nitrogens with zero attached hydrogens (tertiary/aromatic N) is 4. The Morgan fingerprint density at radius 2 is 2.16 bits per heavy atom. The van der Waals surface area contributed by atoms with Crippen LogP contribution in [0, 0.1) is 0 Å². The summed E-state index contributed by atoms with van der Waals surface area (Å²) in [6.07, 6.45) is 1.58. The number of aryl methyl sites for hydroxylation is 2. The molecule has 168 valence electrons. The lowest BCUT2D eigenvalue weighted by Crippen LogP contribution is -2.45. The molecule has 3 rings (SSSR count). The lowest BCUT2D eigenvalue weighted by Gasteiger charge is -2.28. The van der Waals surface area contributed by atoms with Crippen molar-refractivity contribution in [3.8, 4) is 11.6 Å². The number of fused-ring (bicyclic) bond motifs is 1. The molecule has 2 N–H and O–H groups in total. The molecule has 1 unspecified atom stereocenters. The maximum absolute atomic E-state index is 12.1. The molecule has 9 nitrogen and oxygen atoms in total. The van der Waals surface area contributed by atoms with Crippen LogP contribution in [-0.4, -0.2) is 60.9 Å². The predicted molar refractivity (Wildman–Crippen MR) is 119 cm³/mol. The molecule has 0 fully saturated rings. The molecular weight excluding hydrogens is 396 g/mol. The summed E-state index contributed by atoms with van der Waals surface area (Å²) < 4.78 is 13.0. The smallest absolute Gasteiger partial charge is 0.241 e. The third-order valence-corrected chi connectivity index (χ3v) is 5.27. The van der Waals surface area contributed by atoms with Gasteiger partial charge in [0.25, 0.3) is 0 Å². The average molecular weight is 429 g/mol. The van der Waals surface area contributed by atoms with Crippen molar-refractivity contribution in [1.29, 1.82) is 0 Å². The van der Waals surface area contributed by atoms with Crippen molar-refractivity contribution >= 4 is 11.9 Å². The molecule has 0 saturated heterocycles.